The maximum absolute atomic E-state index is 5.72. The fourth-order valence-electron chi connectivity index (χ4n) is 3.06. The molecule has 1 fully saturated rings. The minimum Gasteiger partial charge on any atom is -0.399 e. The summed E-state index contributed by atoms with van der Waals surface area (Å²) in [6, 6.07) is 19.0. The van der Waals surface area contributed by atoms with Gasteiger partial charge in [0.25, 0.3) is 0 Å². The van der Waals surface area contributed by atoms with Crippen LogP contribution in [0, 0.1) is 0 Å². The normalized spacial score (nSPS) is 15.9. The molecule has 116 valence electrons. The molecule has 1 aliphatic heterocycles. The number of anilines is 2. The molecule has 3 rings (SSSR count). The Morgan fingerprint density at radius 1 is 0.818 bits per heavy atom. The van der Waals surface area contributed by atoms with Gasteiger partial charge < -0.3 is 10.6 Å². The smallest absolute Gasteiger partial charge is 0.0367 e. The first-order chi connectivity index (χ1) is 10.8. The summed E-state index contributed by atoms with van der Waals surface area (Å²) in [6.45, 7) is 5.78. The number of nitrogens with zero attached hydrogens (tertiary/aromatic N) is 2. The number of benzene rings is 2. The van der Waals surface area contributed by atoms with Crippen molar-refractivity contribution in [3.8, 4) is 0 Å². The average Bonchev–Trinajstić information content (AvgIpc) is 2.58. The number of rotatable bonds is 5. The van der Waals surface area contributed by atoms with Crippen molar-refractivity contribution in [3.05, 3.63) is 60.2 Å². The fraction of sp³-hybridized carbons (Fsp3) is 0.368. The molecule has 3 nitrogen and oxygen atoms in total. The van der Waals surface area contributed by atoms with E-state index in [2.05, 4.69) is 52.3 Å². The van der Waals surface area contributed by atoms with E-state index in [1.165, 1.54) is 24.2 Å². The van der Waals surface area contributed by atoms with Crippen molar-refractivity contribution in [2.45, 2.75) is 12.8 Å². The standard InChI is InChI=1S/C19H25N3/c20-18-10-8-17(9-11-18)5-4-12-21-13-15-22(16-14-21)19-6-2-1-3-7-19/h1-3,6-11H,4-5,12-16,20H2. The van der Waals surface area contributed by atoms with Crippen LogP contribution >= 0.6 is 0 Å². The van der Waals surface area contributed by atoms with Gasteiger partial charge in [-0.15, -0.1) is 0 Å². The summed E-state index contributed by atoms with van der Waals surface area (Å²) in [5, 5.41) is 0. The van der Waals surface area contributed by atoms with Gasteiger partial charge >= 0.3 is 0 Å². The lowest BCUT2D eigenvalue weighted by atomic mass is 10.1. The van der Waals surface area contributed by atoms with Gasteiger partial charge in [-0.2, -0.15) is 0 Å². The summed E-state index contributed by atoms with van der Waals surface area (Å²) < 4.78 is 0. The summed E-state index contributed by atoms with van der Waals surface area (Å²) in [5.41, 5.74) is 9.31. The van der Waals surface area contributed by atoms with Gasteiger partial charge in [0.1, 0.15) is 0 Å². The molecule has 2 aromatic carbocycles. The molecule has 0 unspecified atom stereocenters. The van der Waals surface area contributed by atoms with E-state index in [0.29, 0.717) is 0 Å². The zero-order valence-corrected chi connectivity index (χ0v) is 13.1. The Balaban J connectivity index is 1.40. The number of piperazine rings is 1. The highest BCUT2D eigenvalue weighted by Crippen LogP contribution is 2.16. The number of aryl methyl sites for hydroxylation is 1. The summed E-state index contributed by atoms with van der Waals surface area (Å²) in [5.74, 6) is 0. The third-order valence-electron chi connectivity index (χ3n) is 4.41. The molecule has 0 bridgehead atoms. The van der Waals surface area contributed by atoms with Crippen LogP contribution in [-0.4, -0.2) is 37.6 Å². The lowest BCUT2D eigenvalue weighted by molar-refractivity contribution is 0.255. The molecule has 1 heterocycles. The van der Waals surface area contributed by atoms with E-state index < -0.39 is 0 Å². The first-order valence-corrected chi connectivity index (χ1v) is 8.18. The van der Waals surface area contributed by atoms with Crippen molar-refractivity contribution in [2.75, 3.05) is 43.4 Å². The minimum absolute atomic E-state index is 0.848. The largest absolute Gasteiger partial charge is 0.399 e. The Kier molecular flexibility index (Phi) is 4.96. The Morgan fingerprint density at radius 2 is 1.50 bits per heavy atom. The molecule has 0 aliphatic carbocycles. The van der Waals surface area contributed by atoms with Crippen LogP contribution in [0.5, 0.6) is 0 Å². The highest BCUT2D eigenvalue weighted by atomic mass is 15.3. The van der Waals surface area contributed by atoms with E-state index in [0.717, 1.165) is 38.3 Å². The lowest BCUT2D eigenvalue weighted by Gasteiger charge is -2.36. The predicted molar refractivity (Wildman–Crippen MR) is 94.3 cm³/mol. The minimum atomic E-state index is 0.848. The van der Waals surface area contributed by atoms with Crippen molar-refractivity contribution >= 4 is 11.4 Å². The van der Waals surface area contributed by atoms with Gasteiger partial charge in [0.05, 0.1) is 0 Å². The maximum Gasteiger partial charge on any atom is 0.0367 e. The molecule has 2 N–H and O–H groups in total. The Bertz CT molecular complexity index is 557. The molecular weight excluding hydrogens is 270 g/mol. The van der Waals surface area contributed by atoms with E-state index in [1.54, 1.807) is 0 Å². The van der Waals surface area contributed by atoms with Crippen LogP contribution in [0.4, 0.5) is 11.4 Å². The second-order valence-corrected chi connectivity index (χ2v) is 6.01. The third kappa shape index (κ3) is 4.01. The van der Waals surface area contributed by atoms with Crippen LogP contribution in [0.25, 0.3) is 0 Å². The van der Waals surface area contributed by atoms with Crippen molar-refractivity contribution in [1.82, 2.24) is 4.90 Å². The Labute approximate surface area is 133 Å². The van der Waals surface area contributed by atoms with E-state index in [1.807, 2.05) is 12.1 Å². The van der Waals surface area contributed by atoms with Crippen LogP contribution in [0.1, 0.15) is 12.0 Å². The average molecular weight is 295 g/mol. The van der Waals surface area contributed by atoms with Crippen molar-refractivity contribution < 1.29 is 0 Å². The molecule has 1 aliphatic rings. The van der Waals surface area contributed by atoms with Gasteiger partial charge in [-0.25, -0.2) is 0 Å². The highest BCUT2D eigenvalue weighted by Gasteiger charge is 2.16. The predicted octanol–water partition coefficient (Wildman–Crippen LogP) is 3.02. The van der Waals surface area contributed by atoms with Crippen LogP contribution in [-0.2, 0) is 6.42 Å². The fourth-order valence-corrected chi connectivity index (χ4v) is 3.06. The van der Waals surface area contributed by atoms with E-state index >= 15 is 0 Å². The van der Waals surface area contributed by atoms with Crippen molar-refractivity contribution in [2.24, 2.45) is 0 Å². The second-order valence-electron chi connectivity index (χ2n) is 6.01. The van der Waals surface area contributed by atoms with E-state index in [4.69, 9.17) is 5.73 Å². The first-order valence-electron chi connectivity index (χ1n) is 8.18. The molecule has 0 amide bonds. The third-order valence-corrected chi connectivity index (χ3v) is 4.41. The van der Waals surface area contributed by atoms with Gasteiger partial charge in [-0.1, -0.05) is 30.3 Å². The molecule has 0 aromatic heterocycles. The zero-order chi connectivity index (χ0) is 15.2. The number of hydrogen-bond acceptors (Lipinski definition) is 3. The molecule has 0 spiro atoms. The van der Waals surface area contributed by atoms with Crippen LogP contribution < -0.4 is 10.6 Å². The van der Waals surface area contributed by atoms with E-state index in [9.17, 15) is 0 Å². The number of nitrogen functional groups attached to an aromatic ring is 1. The molecule has 1 saturated heterocycles. The number of para-hydroxylation sites is 1. The van der Waals surface area contributed by atoms with Crippen molar-refractivity contribution in [3.63, 3.8) is 0 Å². The van der Waals surface area contributed by atoms with Gasteiger partial charge in [-0.05, 0) is 49.2 Å². The van der Waals surface area contributed by atoms with Crippen LogP contribution in [0.3, 0.4) is 0 Å². The number of hydrogen-bond donors (Lipinski definition) is 1. The quantitative estimate of drug-likeness (QED) is 0.861. The van der Waals surface area contributed by atoms with E-state index in [-0.39, 0.29) is 0 Å². The van der Waals surface area contributed by atoms with Crippen molar-refractivity contribution in [1.29, 1.82) is 0 Å². The molecule has 0 atom stereocenters. The van der Waals surface area contributed by atoms with Gasteiger partial charge in [0, 0.05) is 37.6 Å². The summed E-state index contributed by atoms with van der Waals surface area (Å²) >= 11 is 0. The highest BCUT2D eigenvalue weighted by molar-refractivity contribution is 5.46. The monoisotopic (exact) mass is 295 g/mol. The molecular formula is C19H25N3. The van der Waals surface area contributed by atoms with Gasteiger partial charge in [-0.3, -0.25) is 4.90 Å². The van der Waals surface area contributed by atoms with Gasteiger partial charge in [0.2, 0.25) is 0 Å². The molecule has 2 aromatic rings. The lowest BCUT2D eigenvalue weighted by Crippen LogP contribution is -2.46. The topological polar surface area (TPSA) is 32.5 Å². The molecule has 0 radical (unpaired) electrons. The Hall–Kier alpha value is -2.00. The Morgan fingerprint density at radius 3 is 2.18 bits per heavy atom. The van der Waals surface area contributed by atoms with Crippen LogP contribution in [0.2, 0.25) is 0 Å². The SMILES string of the molecule is Nc1ccc(CCCN2CCN(c3ccccc3)CC2)cc1. The van der Waals surface area contributed by atoms with Crippen LogP contribution in [0.15, 0.2) is 54.6 Å². The maximum atomic E-state index is 5.72. The second kappa shape index (κ2) is 7.32. The molecule has 3 heteroatoms. The summed E-state index contributed by atoms with van der Waals surface area (Å²) in [4.78, 5) is 5.06. The zero-order valence-electron chi connectivity index (χ0n) is 13.1. The summed E-state index contributed by atoms with van der Waals surface area (Å²) in [6.07, 6.45) is 2.36. The van der Waals surface area contributed by atoms with Gasteiger partial charge in [0.15, 0.2) is 0 Å². The summed E-state index contributed by atoms with van der Waals surface area (Å²) in [7, 11) is 0. The number of nitrogens with two attached hydrogens (primary N) is 1. The first kappa shape index (κ1) is 14.9. The molecule has 22 heavy (non-hydrogen) atoms. The molecule has 0 saturated carbocycles.